The number of aliphatic carboxylic acids is 1. The van der Waals surface area contributed by atoms with Gasteiger partial charge in [-0.25, -0.2) is 12.8 Å². The molecule has 1 amide bonds. The molecule has 1 heterocycles. The van der Waals surface area contributed by atoms with Crippen molar-refractivity contribution in [2.75, 3.05) is 24.8 Å². The van der Waals surface area contributed by atoms with Crippen molar-refractivity contribution in [1.29, 1.82) is 0 Å². The summed E-state index contributed by atoms with van der Waals surface area (Å²) < 4.78 is 85.6. The van der Waals surface area contributed by atoms with Crippen molar-refractivity contribution in [3.05, 3.63) is 71.8 Å². The molecular weight excluding hydrogens is 544 g/mol. The standard InChI is InChI=1S/C26H24F4N2O6S/c1-32(22-15-31-9-8-20(22)21-7-6-18(27)14-23(21)38-2)25(35)16-11-17(26(28,29)30)13-19(12-16)39(36,37)10-4-3-5-24(33)34/h6-9,11-15H,3-5,10H2,1-2H3,(H,33,34). The number of nitrogens with zero attached hydrogens (tertiary/aromatic N) is 2. The summed E-state index contributed by atoms with van der Waals surface area (Å²) in [6, 6.07) is 7.07. The van der Waals surface area contributed by atoms with Gasteiger partial charge in [-0.2, -0.15) is 13.2 Å². The number of halogens is 4. The lowest BCUT2D eigenvalue weighted by Gasteiger charge is -2.22. The Bertz CT molecular complexity index is 1490. The van der Waals surface area contributed by atoms with Gasteiger partial charge in [0.25, 0.3) is 5.91 Å². The van der Waals surface area contributed by atoms with E-state index in [4.69, 9.17) is 9.84 Å². The van der Waals surface area contributed by atoms with Crippen molar-refractivity contribution in [2.45, 2.75) is 30.3 Å². The van der Waals surface area contributed by atoms with E-state index in [0.717, 1.165) is 17.0 Å². The molecule has 0 atom stereocenters. The van der Waals surface area contributed by atoms with E-state index in [9.17, 15) is 35.6 Å². The number of pyridine rings is 1. The van der Waals surface area contributed by atoms with Gasteiger partial charge in [0.2, 0.25) is 0 Å². The fourth-order valence-corrected chi connectivity index (χ4v) is 5.26. The summed E-state index contributed by atoms with van der Waals surface area (Å²) in [6.07, 6.45) is -2.64. The molecule has 0 bridgehead atoms. The molecule has 8 nitrogen and oxygen atoms in total. The molecule has 3 aromatic rings. The summed E-state index contributed by atoms with van der Waals surface area (Å²) in [5.41, 5.74) is -1.00. The van der Waals surface area contributed by atoms with Crippen LogP contribution >= 0.6 is 0 Å². The number of hydrogen-bond donors (Lipinski definition) is 1. The second-order valence-corrected chi connectivity index (χ2v) is 10.6. The van der Waals surface area contributed by atoms with E-state index in [2.05, 4.69) is 4.98 Å². The normalized spacial score (nSPS) is 11.7. The van der Waals surface area contributed by atoms with E-state index in [-0.39, 0.29) is 30.7 Å². The average molecular weight is 569 g/mol. The lowest BCUT2D eigenvalue weighted by Crippen LogP contribution is -2.27. The summed E-state index contributed by atoms with van der Waals surface area (Å²) in [6.45, 7) is 0. The number of unbranched alkanes of at least 4 members (excludes halogenated alkanes) is 1. The number of anilines is 1. The van der Waals surface area contributed by atoms with Crippen LogP contribution in [0.25, 0.3) is 11.1 Å². The number of carboxylic acid groups (broad SMARTS) is 1. The van der Waals surface area contributed by atoms with Gasteiger partial charge in [0, 0.05) is 42.4 Å². The monoisotopic (exact) mass is 568 g/mol. The Hall–Kier alpha value is -4.00. The average Bonchev–Trinajstić information content (AvgIpc) is 2.89. The number of carboxylic acids is 1. The van der Waals surface area contributed by atoms with Crippen molar-refractivity contribution in [1.82, 2.24) is 4.98 Å². The number of alkyl halides is 3. The summed E-state index contributed by atoms with van der Waals surface area (Å²) in [7, 11) is -1.68. The Morgan fingerprint density at radius 3 is 2.41 bits per heavy atom. The Balaban J connectivity index is 2.04. The molecular formula is C26H24F4N2O6S. The summed E-state index contributed by atoms with van der Waals surface area (Å²) >= 11 is 0. The lowest BCUT2D eigenvalue weighted by atomic mass is 10.0. The molecule has 0 spiro atoms. The van der Waals surface area contributed by atoms with Crippen LogP contribution < -0.4 is 9.64 Å². The summed E-state index contributed by atoms with van der Waals surface area (Å²) in [4.78, 5) is 28.4. The number of sulfone groups is 1. The molecule has 1 aromatic heterocycles. The fourth-order valence-electron chi connectivity index (χ4n) is 3.82. The van der Waals surface area contributed by atoms with Crippen LogP contribution in [0.3, 0.4) is 0 Å². The smallest absolute Gasteiger partial charge is 0.416 e. The van der Waals surface area contributed by atoms with Crippen LogP contribution in [-0.2, 0) is 20.8 Å². The topological polar surface area (TPSA) is 114 Å². The van der Waals surface area contributed by atoms with Gasteiger partial charge in [-0.3, -0.25) is 14.6 Å². The highest BCUT2D eigenvalue weighted by Gasteiger charge is 2.34. The zero-order chi connectivity index (χ0) is 29.0. The first-order valence-corrected chi connectivity index (χ1v) is 13.1. The van der Waals surface area contributed by atoms with E-state index >= 15 is 0 Å². The Labute approximate surface area is 221 Å². The van der Waals surface area contributed by atoms with E-state index < -0.39 is 55.5 Å². The van der Waals surface area contributed by atoms with Gasteiger partial charge in [-0.15, -0.1) is 0 Å². The number of methoxy groups -OCH3 is 1. The van der Waals surface area contributed by atoms with E-state index in [1.54, 1.807) is 0 Å². The quantitative estimate of drug-likeness (QED) is 0.264. The van der Waals surface area contributed by atoms with Crippen LogP contribution in [0.2, 0.25) is 0 Å². The maximum atomic E-state index is 13.7. The van der Waals surface area contributed by atoms with Gasteiger partial charge < -0.3 is 14.7 Å². The third kappa shape index (κ3) is 7.11. The van der Waals surface area contributed by atoms with E-state index in [1.807, 2.05) is 0 Å². The number of hydrogen-bond acceptors (Lipinski definition) is 6. The van der Waals surface area contributed by atoms with Crippen molar-refractivity contribution in [2.24, 2.45) is 0 Å². The number of carbonyl (C=O) groups excluding carboxylic acids is 1. The number of rotatable bonds is 10. The molecule has 0 saturated carbocycles. The van der Waals surface area contributed by atoms with Crippen molar-refractivity contribution in [3.8, 4) is 16.9 Å². The maximum Gasteiger partial charge on any atom is 0.416 e. The predicted octanol–water partition coefficient (Wildman–Crippen LogP) is 5.22. The minimum Gasteiger partial charge on any atom is -0.496 e. The molecule has 0 fully saturated rings. The number of ether oxygens (including phenoxy) is 1. The SMILES string of the molecule is COc1cc(F)ccc1-c1ccncc1N(C)C(=O)c1cc(C(F)(F)F)cc(S(=O)(=O)CCCCC(=O)O)c1. The minimum atomic E-state index is -4.95. The van der Waals surface area contributed by atoms with Gasteiger partial charge in [0.05, 0.1) is 35.2 Å². The zero-order valence-corrected chi connectivity index (χ0v) is 21.6. The van der Waals surface area contributed by atoms with Crippen LogP contribution in [0.4, 0.5) is 23.2 Å². The molecule has 0 aliphatic heterocycles. The van der Waals surface area contributed by atoms with E-state index in [1.165, 1.54) is 44.8 Å². The van der Waals surface area contributed by atoms with Crippen molar-refractivity contribution >= 4 is 27.4 Å². The van der Waals surface area contributed by atoms with Crippen LogP contribution in [0.15, 0.2) is 59.8 Å². The number of carbonyl (C=O) groups is 2. The third-order valence-electron chi connectivity index (χ3n) is 5.81. The molecule has 0 radical (unpaired) electrons. The summed E-state index contributed by atoms with van der Waals surface area (Å²) in [5.74, 6) is -3.12. The Morgan fingerprint density at radius 1 is 1.05 bits per heavy atom. The molecule has 0 aliphatic rings. The Kier molecular flexibility index (Phi) is 8.95. The van der Waals surface area contributed by atoms with Crippen molar-refractivity contribution in [3.63, 3.8) is 0 Å². The molecule has 1 N–H and O–H groups in total. The molecule has 2 aromatic carbocycles. The third-order valence-corrected chi connectivity index (χ3v) is 7.59. The van der Waals surface area contributed by atoms with Gasteiger partial charge in [0.1, 0.15) is 11.6 Å². The largest absolute Gasteiger partial charge is 0.496 e. The Morgan fingerprint density at radius 2 is 1.77 bits per heavy atom. The molecule has 0 unspecified atom stereocenters. The first-order chi connectivity index (χ1) is 18.2. The maximum absolute atomic E-state index is 13.7. The first-order valence-electron chi connectivity index (χ1n) is 11.5. The fraction of sp³-hybridized carbons (Fsp3) is 0.269. The highest BCUT2D eigenvalue weighted by atomic mass is 32.2. The van der Waals surface area contributed by atoms with Crippen LogP contribution in [-0.4, -0.2) is 50.3 Å². The van der Waals surface area contributed by atoms with Crippen LogP contribution in [0, 0.1) is 5.82 Å². The molecule has 3 rings (SSSR count). The molecule has 13 heteroatoms. The van der Waals surface area contributed by atoms with Crippen molar-refractivity contribution < 1.29 is 45.4 Å². The van der Waals surface area contributed by atoms with Gasteiger partial charge >= 0.3 is 12.1 Å². The minimum absolute atomic E-state index is 0.0126. The van der Waals surface area contributed by atoms with E-state index in [0.29, 0.717) is 23.3 Å². The highest BCUT2D eigenvalue weighted by Crippen LogP contribution is 2.37. The number of amides is 1. The molecule has 39 heavy (non-hydrogen) atoms. The van der Waals surface area contributed by atoms with Gasteiger partial charge in [-0.1, -0.05) is 0 Å². The predicted molar refractivity (Wildman–Crippen MR) is 134 cm³/mol. The second kappa shape index (κ2) is 11.8. The summed E-state index contributed by atoms with van der Waals surface area (Å²) in [5, 5.41) is 8.72. The number of benzene rings is 2. The molecule has 208 valence electrons. The van der Waals surface area contributed by atoms with Crippen LogP contribution in [0.5, 0.6) is 5.75 Å². The number of aromatic nitrogens is 1. The first kappa shape index (κ1) is 29.6. The second-order valence-electron chi connectivity index (χ2n) is 8.52. The zero-order valence-electron chi connectivity index (χ0n) is 20.8. The van der Waals surface area contributed by atoms with Gasteiger partial charge in [0.15, 0.2) is 9.84 Å². The molecule has 0 aliphatic carbocycles. The lowest BCUT2D eigenvalue weighted by molar-refractivity contribution is -0.138. The molecule has 0 saturated heterocycles. The van der Waals surface area contributed by atoms with Crippen LogP contribution in [0.1, 0.15) is 35.2 Å². The highest BCUT2D eigenvalue weighted by molar-refractivity contribution is 7.91. The van der Waals surface area contributed by atoms with Gasteiger partial charge in [-0.05, 0) is 49.2 Å².